The Kier molecular flexibility index (Phi) is 8.98. The molecule has 2 nitrogen and oxygen atoms in total. The van der Waals surface area contributed by atoms with E-state index in [2.05, 4.69) is 75.8 Å². The van der Waals surface area contributed by atoms with E-state index in [1.165, 1.54) is 40.5 Å². The van der Waals surface area contributed by atoms with E-state index in [4.69, 9.17) is 0 Å². The van der Waals surface area contributed by atoms with Crippen LogP contribution in [0.15, 0.2) is 36.4 Å². The molecule has 0 spiro atoms. The summed E-state index contributed by atoms with van der Waals surface area (Å²) in [5.74, 6) is -0.142. The van der Waals surface area contributed by atoms with Crippen molar-refractivity contribution >= 4 is 5.97 Å². The molecule has 2 heteroatoms. The number of rotatable bonds is 5. The molecule has 0 N–H and O–H groups in total. The average molecular weight is 341 g/mol. The quantitative estimate of drug-likeness (QED) is 0.669. The molecule has 0 aliphatic heterocycles. The third kappa shape index (κ3) is 6.38. The van der Waals surface area contributed by atoms with Crippen LogP contribution < -0.4 is 0 Å². The highest BCUT2D eigenvalue weighted by Crippen LogP contribution is 2.16. The predicted molar refractivity (Wildman–Crippen MR) is 106 cm³/mol. The van der Waals surface area contributed by atoms with Gasteiger partial charge in [0.25, 0.3) is 0 Å². The standard InChI is InChI=1S/C13H18O2.C10H14/c1-4-11-6-5-7-12(10(11)2)8-9-13(14)15-3;1-4-10-7-5-6-8(2)9(10)3/h5-7H,4,8-9H2,1-3H3;5-7H,4H2,1-3H3. The van der Waals surface area contributed by atoms with Gasteiger partial charge in [0, 0.05) is 6.42 Å². The van der Waals surface area contributed by atoms with Crippen LogP contribution in [0.4, 0.5) is 0 Å². The Morgan fingerprint density at radius 3 is 1.88 bits per heavy atom. The van der Waals surface area contributed by atoms with Crippen LogP contribution in [-0.4, -0.2) is 13.1 Å². The van der Waals surface area contributed by atoms with Crippen LogP contribution in [-0.2, 0) is 28.8 Å². The van der Waals surface area contributed by atoms with Crippen molar-refractivity contribution < 1.29 is 9.53 Å². The topological polar surface area (TPSA) is 26.3 Å². The van der Waals surface area contributed by atoms with Gasteiger partial charge in [0.15, 0.2) is 0 Å². The van der Waals surface area contributed by atoms with Gasteiger partial charge in [-0.2, -0.15) is 0 Å². The number of aryl methyl sites for hydroxylation is 4. The van der Waals surface area contributed by atoms with Crippen molar-refractivity contribution in [2.24, 2.45) is 0 Å². The summed E-state index contributed by atoms with van der Waals surface area (Å²) >= 11 is 0. The van der Waals surface area contributed by atoms with Gasteiger partial charge in [-0.25, -0.2) is 0 Å². The molecule has 0 aromatic heterocycles. The molecule has 0 saturated heterocycles. The van der Waals surface area contributed by atoms with Crippen molar-refractivity contribution in [2.45, 2.75) is 60.3 Å². The number of carbonyl (C=O) groups excluding carboxylic acids is 1. The SMILES string of the molecule is CCc1cccc(C)c1C.CCc1cccc(CCC(=O)OC)c1C. The summed E-state index contributed by atoms with van der Waals surface area (Å²) in [5.41, 5.74) is 8.24. The lowest BCUT2D eigenvalue weighted by Gasteiger charge is -2.09. The monoisotopic (exact) mass is 340 g/mol. The van der Waals surface area contributed by atoms with Gasteiger partial charge in [-0.3, -0.25) is 4.79 Å². The van der Waals surface area contributed by atoms with Crippen LogP contribution in [0.5, 0.6) is 0 Å². The summed E-state index contributed by atoms with van der Waals surface area (Å²) < 4.78 is 4.63. The molecule has 0 unspecified atom stereocenters. The van der Waals surface area contributed by atoms with E-state index in [1.807, 2.05) is 0 Å². The number of hydrogen-bond donors (Lipinski definition) is 0. The summed E-state index contributed by atoms with van der Waals surface area (Å²) in [7, 11) is 1.43. The first-order valence-electron chi connectivity index (χ1n) is 9.13. The molecule has 0 heterocycles. The summed E-state index contributed by atoms with van der Waals surface area (Å²) in [5, 5.41) is 0. The predicted octanol–water partition coefficient (Wildman–Crippen LogP) is 5.53. The number of esters is 1. The fourth-order valence-electron chi connectivity index (χ4n) is 2.92. The van der Waals surface area contributed by atoms with Crippen LogP contribution in [0.3, 0.4) is 0 Å². The van der Waals surface area contributed by atoms with Crippen molar-refractivity contribution in [2.75, 3.05) is 7.11 Å². The van der Waals surface area contributed by atoms with Crippen molar-refractivity contribution in [3.05, 3.63) is 69.8 Å². The van der Waals surface area contributed by atoms with Crippen LogP contribution in [0.25, 0.3) is 0 Å². The van der Waals surface area contributed by atoms with E-state index in [-0.39, 0.29) is 5.97 Å². The number of methoxy groups -OCH3 is 1. The molecular formula is C23H32O2. The Labute approximate surface area is 153 Å². The molecule has 2 aromatic carbocycles. The van der Waals surface area contributed by atoms with E-state index >= 15 is 0 Å². The van der Waals surface area contributed by atoms with Gasteiger partial charge in [0.2, 0.25) is 0 Å². The number of hydrogen-bond acceptors (Lipinski definition) is 2. The molecule has 0 bridgehead atoms. The molecule has 0 radical (unpaired) electrons. The van der Waals surface area contributed by atoms with Gasteiger partial charge < -0.3 is 4.74 Å². The number of carbonyl (C=O) groups is 1. The Hall–Kier alpha value is -2.09. The molecule has 0 amide bonds. The molecule has 25 heavy (non-hydrogen) atoms. The Morgan fingerprint density at radius 2 is 1.36 bits per heavy atom. The normalized spacial score (nSPS) is 10.0. The third-order valence-corrected chi connectivity index (χ3v) is 4.86. The van der Waals surface area contributed by atoms with E-state index in [0.717, 1.165) is 19.3 Å². The van der Waals surface area contributed by atoms with Gasteiger partial charge in [-0.1, -0.05) is 50.2 Å². The van der Waals surface area contributed by atoms with E-state index in [9.17, 15) is 4.79 Å². The third-order valence-electron chi connectivity index (χ3n) is 4.86. The Balaban J connectivity index is 0.000000271. The second-order valence-electron chi connectivity index (χ2n) is 6.34. The zero-order valence-corrected chi connectivity index (χ0v) is 16.6. The van der Waals surface area contributed by atoms with Gasteiger partial charge in [0.05, 0.1) is 7.11 Å². The summed E-state index contributed by atoms with van der Waals surface area (Å²) in [6.45, 7) is 10.8. The van der Waals surface area contributed by atoms with Gasteiger partial charge in [0.1, 0.15) is 0 Å². The zero-order valence-electron chi connectivity index (χ0n) is 16.6. The first kappa shape index (κ1) is 21.0. The van der Waals surface area contributed by atoms with Crippen LogP contribution in [0.1, 0.15) is 53.6 Å². The first-order chi connectivity index (χ1) is 11.9. The summed E-state index contributed by atoms with van der Waals surface area (Å²) in [4.78, 5) is 11.0. The van der Waals surface area contributed by atoms with Crippen molar-refractivity contribution in [3.63, 3.8) is 0 Å². The van der Waals surface area contributed by atoms with E-state index < -0.39 is 0 Å². The molecule has 0 saturated carbocycles. The van der Waals surface area contributed by atoms with Crippen molar-refractivity contribution in [1.82, 2.24) is 0 Å². The number of benzene rings is 2. The highest BCUT2D eigenvalue weighted by molar-refractivity contribution is 5.69. The highest BCUT2D eigenvalue weighted by atomic mass is 16.5. The minimum Gasteiger partial charge on any atom is -0.469 e. The minimum absolute atomic E-state index is 0.142. The smallest absolute Gasteiger partial charge is 0.305 e. The maximum absolute atomic E-state index is 11.0. The van der Waals surface area contributed by atoms with E-state index in [0.29, 0.717) is 6.42 Å². The lowest BCUT2D eigenvalue weighted by Crippen LogP contribution is -2.03. The maximum Gasteiger partial charge on any atom is 0.305 e. The largest absolute Gasteiger partial charge is 0.469 e. The molecule has 0 aliphatic rings. The second kappa shape index (κ2) is 10.7. The molecule has 136 valence electrons. The summed E-state index contributed by atoms with van der Waals surface area (Å²) in [6.07, 6.45) is 3.42. The van der Waals surface area contributed by atoms with Crippen LogP contribution in [0, 0.1) is 20.8 Å². The molecular weight excluding hydrogens is 308 g/mol. The Morgan fingerprint density at radius 1 is 0.840 bits per heavy atom. The highest BCUT2D eigenvalue weighted by Gasteiger charge is 2.05. The summed E-state index contributed by atoms with van der Waals surface area (Å²) in [6, 6.07) is 12.8. The molecule has 0 atom stereocenters. The first-order valence-corrected chi connectivity index (χ1v) is 9.13. The maximum atomic E-state index is 11.0. The van der Waals surface area contributed by atoms with Crippen LogP contribution >= 0.6 is 0 Å². The molecule has 2 rings (SSSR count). The number of ether oxygens (including phenoxy) is 1. The van der Waals surface area contributed by atoms with Crippen molar-refractivity contribution in [1.29, 1.82) is 0 Å². The lowest BCUT2D eigenvalue weighted by molar-refractivity contribution is -0.140. The molecule has 2 aromatic rings. The van der Waals surface area contributed by atoms with Gasteiger partial charge in [-0.05, 0) is 73.4 Å². The Bertz CT molecular complexity index is 686. The fourth-order valence-corrected chi connectivity index (χ4v) is 2.92. The molecule has 0 aliphatic carbocycles. The average Bonchev–Trinajstić information content (AvgIpc) is 2.63. The van der Waals surface area contributed by atoms with Crippen LogP contribution in [0.2, 0.25) is 0 Å². The fraction of sp³-hybridized carbons (Fsp3) is 0.435. The van der Waals surface area contributed by atoms with Gasteiger partial charge >= 0.3 is 5.97 Å². The van der Waals surface area contributed by atoms with E-state index in [1.54, 1.807) is 0 Å². The lowest BCUT2D eigenvalue weighted by atomic mass is 9.97. The molecule has 0 fully saturated rings. The zero-order chi connectivity index (χ0) is 18.8. The van der Waals surface area contributed by atoms with Gasteiger partial charge in [-0.15, -0.1) is 0 Å². The van der Waals surface area contributed by atoms with Crippen molar-refractivity contribution in [3.8, 4) is 0 Å². The minimum atomic E-state index is -0.142. The second-order valence-corrected chi connectivity index (χ2v) is 6.34.